The quantitative estimate of drug-likeness (QED) is 0.732. The Morgan fingerprint density at radius 2 is 2.07 bits per heavy atom. The van der Waals surface area contributed by atoms with Crippen molar-refractivity contribution in [2.24, 2.45) is 5.92 Å². The number of benzene rings is 1. The average molecular weight is 383 g/mol. The molecule has 1 aromatic heterocycles. The highest BCUT2D eigenvalue weighted by molar-refractivity contribution is 5.30. The number of methoxy groups -OCH3 is 1. The maximum Gasteiger partial charge on any atom is 0.118 e. The summed E-state index contributed by atoms with van der Waals surface area (Å²) >= 11 is 0. The minimum Gasteiger partial charge on any atom is -0.497 e. The average Bonchev–Trinajstić information content (AvgIpc) is 3.41. The Bertz CT molecular complexity index is 719. The number of nitrogens with one attached hydrogen (secondary N) is 2. The van der Waals surface area contributed by atoms with E-state index in [4.69, 9.17) is 9.47 Å². The molecule has 3 unspecified atom stereocenters. The van der Waals surface area contributed by atoms with Gasteiger partial charge in [0.2, 0.25) is 0 Å². The molecule has 0 aliphatic carbocycles. The van der Waals surface area contributed by atoms with Gasteiger partial charge in [-0.25, -0.2) is 5.43 Å². The number of hydrazine groups is 1. The van der Waals surface area contributed by atoms with Gasteiger partial charge in [-0.05, 0) is 42.7 Å². The van der Waals surface area contributed by atoms with Crippen molar-refractivity contribution in [1.82, 2.24) is 20.7 Å². The molecule has 2 aliphatic rings. The molecule has 4 rings (SSSR count). The SMILES string of the molecule is COc1ccc(C2NNCC2CN(Cc2ccccn2)CC2CCCO2)cc1. The third kappa shape index (κ3) is 4.89. The molecule has 0 radical (unpaired) electrons. The summed E-state index contributed by atoms with van der Waals surface area (Å²) in [6.45, 7) is 4.64. The van der Waals surface area contributed by atoms with Crippen LogP contribution in [0.1, 0.15) is 30.1 Å². The van der Waals surface area contributed by atoms with E-state index in [0.29, 0.717) is 12.0 Å². The first kappa shape index (κ1) is 19.3. The van der Waals surface area contributed by atoms with Crippen LogP contribution < -0.4 is 15.6 Å². The predicted molar refractivity (Wildman–Crippen MR) is 109 cm³/mol. The molecular weight excluding hydrogens is 352 g/mol. The van der Waals surface area contributed by atoms with Crippen LogP contribution in [-0.4, -0.2) is 49.3 Å². The number of hydrogen-bond acceptors (Lipinski definition) is 6. The number of pyridine rings is 1. The van der Waals surface area contributed by atoms with Gasteiger partial charge in [-0.1, -0.05) is 18.2 Å². The molecule has 2 aliphatic heterocycles. The number of nitrogens with zero attached hydrogens (tertiary/aromatic N) is 2. The van der Waals surface area contributed by atoms with Crippen LogP contribution in [0.25, 0.3) is 0 Å². The van der Waals surface area contributed by atoms with Gasteiger partial charge < -0.3 is 9.47 Å². The maximum absolute atomic E-state index is 5.92. The molecule has 150 valence electrons. The molecule has 2 aromatic rings. The first-order valence-electron chi connectivity index (χ1n) is 10.2. The van der Waals surface area contributed by atoms with Crippen LogP contribution in [0.3, 0.4) is 0 Å². The largest absolute Gasteiger partial charge is 0.497 e. The highest BCUT2D eigenvalue weighted by Crippen LogP contribution is 2.28. The molecule has 0 saturated carbocycles. The second-order valence-electron chi connectivity index (χ2n) is 7.69. The van der Waals surface area contributed by atoms with Gasteiger partial charge in [0, 0.05) is 44.9 Å². The van der Waals surface area contributed by atoms with Crippen LogP contribution in [0, 0.1) is 5.92 Å². The zero-order valence-corrected chi connectivity index (χ0v) is 16.5. The molecule has 0 spiro atoms. The summed E-state index contributed by atoms with van der Waals surface area (Å²) in [4.78, 5) is 7.04. The van der Waals surface area contributed by atoms with E-state index in [-0.39, 0.29) is 6.04 Å². The highest BCUT2D eigenvalue weighted by atomic mass is 16.5. The van der Waals surface area contributed by atoms with Crippen LogP contribution in [0.5, 0.6) is 5.75 Å². The van der Waals surface area contributed by atoms with E-state index in [0.717, 1.165) is 50.7 Å². The Hall–Kier alpha value is -1.99. The standard InChI is InChI=1S/C22H30N4O2/c1-27-20-9-7-17(8-10-20)22-18(13-24-25-22)14-26(16-21-6-4-12-28-21)15-19-5-2-3-11-23-19/h2-3,5,7-11,18,21-22,24-25H,4,6,12-16H2,1H3. The summed E-state index contributed by atoms with van der Waals surface area (Å²) in [5.74, 6) is 1.36. The van der Waals surface area contributed by atoms with Gasteiger partial charge in [-0.3, -0.25) is 15.3 Å². The molecule has 3 heterocycles. The number of ether oxygens (including phenoxy) is 2. The lowest BCUT2D eigenvalue weighted by molar-refractivity contribution is 0.0639. The summed E-state index contributed by atoms with van der Waals surface area (Å²) in [5.41, 5.74) is 9.21. The van der Waals surface area contributed by atoms with E-state index < -0.39 is 0 Å². The van der Waals surface area contributed by atoms with Gasteiger partial charge >= 0.3 is 0 Å². The van der Waals surface area contributed by atoms with Crippen LogP contribution in [-0.2, 0) is 11.3 Å². The van der Waals surface area contributed by atoms with Gasteiger partial charge in [-0.15, -0.1) is 0 Å². The predicted octanol–water partition coefficient (Wildman–Crippen LogP) is 2.54. The maximum atomic E-state index is 5.92. The van der Waals surface area contributed by atoms with Crippen molar-refractivity contribution in [3.8, 4) is 5.75 Å². The smallest absolute Gasteiger partial charge is 0.118 e. The topological polar surface area (TPSA) is 58.7 Å². The Morgan fingerprint density at radius 1 is 1.18 bits per heavy atom. The van der Waals surface area contributed by atoms with Crippen LogP contribution in [0.15, 0.2) is 48.7 Å². The Kier molecular flexibility index (Phi) is 6.54. The van der Waals surface area contributed by atoms with Crippen molar-refractivity contribution in [2.75, 3.05) is 33.4 Å². The molecule has 3 atom stereocenters. The molecule has 6 heteroatoms. The molecule has 0 amide bonds. The van der Waals surface area contributed by atoms with Crippen molar-refractivity contribution in [1.29, 1.82) is 0 Å². The van der Waals surface area contributed by atoms with Gasteiger partial charge in [0.15, 0.2) is 0 Å². The monoisotopic (exact) mass is 382 g/mol. The summed E-state index contributed by atoms with van der Waals surface area (Å²) < 4.78 is 11.2. The fourth-order valence-corrected chi connectivity index (χ4v) is 4.20. The van der Waals surface area contributed by atoms with Crippen LogP contribution >= 0.6 is 0 Å². The fourth-order valence-electron chi connectivity index (χ4n) is 4.20. The molecule has 2 N–H and O–H groups in total. The van der Waals surface area contributed by atoms with E-state index in [1.54, 1.807) is 7.11 Å². The molecular formula is C22H30N4O2. The number of aromatic nitrogens is 1. The van der Waals surface area contributed by atoms with Crippen LogP contribution in [0.4, 0.5) is 0 Å². The Balaban J connectivity index is 1.45. The summed E-state index contributed by atoms with van der Waals surface area (Å²) in [6.07, 6.45) is 4.54. The third-order valence-corrected chi connectivity index (χ3v) is 5.66. The third-order valence-electron chi connectivity index (χ3n) is 5.66. The van der Waals surface area contributed by atoms with E-state index in [1.807, 2.05) is 24.4 Å². The van der Waals surface area contributed by atoms with Crippen molar-refractivity contribution in [3.05, 3.63) is 59.9 Å². The minimum absolute atomic E-state index is 0.279. The summed E-state index contributed by atoms with van der Waals surface area (Å²) in [7, 11) is 1.70. The van der Waals surface area contributed by atoms with E-state index in [9.17, 15) is 0 Å². The van der Waals surface area contributed by atoms with Crippen LogP contribution in [0.2, 0.25) is 0 Å². The lowest BCUT2D eigenvalue weighted by Gasteiger charge is -2.29. The summed E-state index contributed by atoms with van der Waals surface area (Å²) in [5, 5.41) is 0. The van der Waals surface area contributed by atoms with E-state index in [1.165, 1.54) is 12.0 Å². The van der Waals surface area contributed by atoms with E-state index >= 15 is 0 Å². The van der Waals surface area contributed by atoms with Crippen molar-refractivity contribution < 1.29 is 9.47 Å². The van der Waals surface area contributed by atoms with E-state index in [2.05, 4.69) is 45.0 Å². The molecule has 0 bridgehead atoms. The molecule has 1 aromatic carbocycles. The zero-order chi connectivity index (χ0) is 19.2. The lowest BCUT2D eigenvalue weighted by atomic mass is 9.94. The lowest BCUT2D eigenvalue weighted by Crippen LogP contribution is -2.37. The van der Waals surface area contributed by atoms with Crippen molar-refractivity contribution >= 4 is 0 Å². The molecule has 28 heavy (non-hydrogen) atoms. The van der Waals surface area contributed by atoms with Crippen molar-refractivity contribution in [2.45, 2.75) is 31.5 Å². The molecule has 2 fully saturated rings. The van der Waals surface area contributed by atoms with Gasteiger partial charge in [0.25, 0.3) is 0 Å². The second-order valence-corrected chi connectivity index (χ2v) is 7.69. The normalized spacial score (nSPS) is 24.7. The summed E-state index contributed by atoms with van der Waals surface area (Å²) in [6, 6.07) is 14.8. The first-order chi connectivity index (χ1) is 13.8. The first-order valence-corrected chi connectivity index (χ1v) is 10.2. The fraction of sp³-hybridized carbons (Fsp3) is 0.500. The Labute approximate surface area is 167 Å². The minimum atomic E-state index is 0.279. The second kappa shape index (κ2) is 9.47. The molecule has 2 saturated heterocycles. The molecule has 6 nitrogen and oxygen atoms in total. The number of rotatable bonds is 8. The van der Waals surface area contributed by atoms with Gasteiger partial charge in [0.05, 0.1) is 24.9 Å². The van der Waals surface area contributed by atoms with Crippen molar-refractivity contribution in [3.63, 3.8) is 0 Å². The highest BCUT2D eigenvalue weighted by Gasteiger charge is 2.31. The van der Waals surface area contributed by atoms with Gasteiger partial charge in [-0.2, -0.15) is 0 Å². The Morgan fingerprint density at radius 3 is 2.79 bits per heavy atom. The number of hydrogen-bond donors (Lipinski definition) is 2. The zero-order valence-electron chi connectivity index (χ0n) is 16.5. The van der Waals surface area contributed by atoms with Gasteiger partial charge in [0.1, 0.15) is 5.75 Å².